The van der Waals surface area contributed by atoms with Crippen molar-refractivity contribution in [1.29, 1.82) is 0 Å². The minimum Gasteiger partial charge on any atom is -0.461 e. The van der Waals surface area contributed by atoms with Crippen LogP contribution in [-0.4, -0.2) is 30.1 Å². The van der Waals surface area contributed by atoms with E-state index >= 15 is 0 Å². The summed E-state index contributed by atoms with van der Waals surface area (Å²) < 4.78 is 9.44. The largest absolute Gasteiger partial charge is 0.461 e. The smallest absolute Gasteiger partial charge is 0.384 e. The van der Waals surface area contributed by atoms with E-state index in [2.05, 4.69) is 21.6 Å². The summed E-state index contributed by atoms with van der Waals surface area (Å²) in [7, 11) is 0. The Balaban J connectivity index is 2.95. The normalized spacial score (nSPS) is 9.22. The van der Waals surface area contributed by atoms with E-state index in [0.717, 1.165) is 11.3 Å². The first-order valence-corrected chi connectivity index (χ1v) is 6.02. The minimum absolute atomic E-state index is 0.0242. The molecule has 0 saturated carbocycles. The highest BCUT2D eigenvalue weighted by Gasteiger charge is 2.17. The standard InChI is InChI=1S/C11H12N2O4S/c1-3-16-8(14)6-5-7-9(10(15)17-4-2)13-11(12)18-7/h3-4H2,1-2H3,(H2,12,13). The number of thiazole rings is 1. The van der Waals surface area contributed by atoms with Crippen molar-refractivity contribution in [3.63, 3.8) is 0 Å². The zero-order chi connectivity index (χ0) is 13.5. The van der Waals surface area contributed by atoms with Crippen LogP contribution in [0.3, 0.4) is 0 Å². The van der Waals surface area contributed by atoms with Gasteiger partial charge in [0.1, 0.15) is 4.88 Å². The van der Waals surface area contributed by atoms with Crippen molar-refractivity contribution in [2.24, 2.45) is 0 Å². The van der Waals surface area contributed by atoms with Crippen LogP contribution >= 0.6 is 11.3 Å². The first-order chi connectivity index (χ1) is 8.58. The van der Waals surface area contributed by atoms with Crippen LogP contribution in [0.1, 0.15) is 29.2 Å². The number of carbonyl (C=O) groups is 2. The lowest BCUT2D eigenvalue weighted by Crippen LogP contribution is -2.07. The van der Waals surface area contributed by atoms with E-state index in [9.17, 15) is 9.59 Å². The van der Waals surface area contributed by atoms with Crippen LogP contribution in [0.15, 0.2) is 0 Å². The van der Waals surface area contributed by atoms with Crippen molar-refractivity contribution in [3.05, 3.63) is 10.6 Å². The summed E-state index contributed by atoms with van der Waals surface area (Å²) in [6.07, 6.45) is 0. The molecule has 0 saturated heterocycles. The minimum atomic E-state index is -0.667. The predicted octanol–water partition coefficient (Wildman–Crippen LogP) is 0.817. The van der Waals surface area contributed by atoms with Gasteiger partial charge in [0.05, 0.1) is 13.2 Å². The average molecular weight is 268 g/mol. The van der Waals surface area contributed by atoms with Crippen molar-refractivity contribution in [2.75, 3.05) is 18.9 Å². The molecule has 1 rings (SSSR count). The van der Waals surface area contributed by atoms with Crippen LogP contribution in [0, 0.1) is 11.8 Å². The lowest BCUT2D eigenvalue weighted by atomic mass is 10.3. The average Bonchev–Trinajstić information content (AvgIpc) is 2.69. The zero-order valence-corrected chi connectivity index (χ0v) is 10.8. The quantitative estimate of drug-likeness (QED) is 0.644. The molecule has 0 spiro atoms. The number of esters is 2. The second-order valence-corrected chi connectivity index (χ2v) is 3.95. The molecule has 0 fully saturated rings. The van der Waals surface area contributed by atoms with Gasteiger partial charge in [-0.3, -0.25) is 0 Å². The Bertz CT molecular complexity index is 513. The number of nitrogens with two attached hydrogens (primary N) is 1. The molecule has 0 aliphatic heterocycles. The number of hydrogen-bond acceptors (Lipinski definition) is 7. The Kier molecular flexibility index (Phi) is 5.14. The molecule has 0 aromatic carbocycles. The summed E-state index contributed by atoms with van der Waals surface area (Å²) in [4.78, 5) is 26.7. The summed E-state index contributed by atoms with van der Waals surface area (Å²) in [6, 6.07) is 0. The highest BCUT2D eigenvalue weighted by molar-refractivity contribution is 7.16. The molecule has 0 atom stereocenters. The van der Waals surface area contributed by atoms with Gasteiger partial charge in [-0.1, -0.05) is 11.3 Å². The van der Waals surface area contributed by atoms with Crippen LogP contribution in [0.4, 0.5) is 5.13 Å². The molecular formula is C11H12N2O4S. The number of aromatic nitrogens is 1. The third-order valence-electron chi connectivity index (χ3n) is 1.67. The van der Waals surface area contributed by atoms with Crippen LogP contribution in [-0.2, 0) is 14.3 Å². The van der Waals surface area contributed by atoms with Gasteiger partial charge in [-0.15, -0.1) is 0 Å². The molecule has 18 heavy (non-hydrogen) atoms. The lowest BCUT2D eigenvalue weighted by molar-refractivity contribution is -0.136. The van der Waals surface area contributed by atoms with Crippen LogP contribution in [0.25, 0.3) is 0 Å². The molecule has 0 amide bonds. The van der Waals surface area contributed by atoms with Crippen molar-refractivity contribution >= 4 is 28.4 Å². The lowest BCUT2D eigenvalue weighted by Gasteiger charge is -1.97. The monoisotopic (exact) mass is 268 g/mol. The number of carbonyl (C=O) groups excluding carboxylic acids is 2. The molecule has 96 valence electrons. The maximum atomic E-state index is 11.5. The molecule has 0 radical (unpaired) electrons. The van der Waals surface area contributed by atoms with E-state index in [1.807, 2.05) is 0 Å². The predicted molar refractivity (Wildman–Crippen MR) is 66.0 cm³/mol. The fourth-order valence-corrected chi connectivity index (χ4v) is 1.71. The Morgan fingerprint density at radius 2 is 2.00 bits per heavy atom. The Morgan fingerprint density at radius 1 is 1.33 bits per heavy atom. The van der Waals surface area contributed by atoms with E-state index in [4.69, 9.17) is 10.5 Å². The molecule has 1 aromatic rings. The topological polar surface area (TPSA) is 91.5 Å². The summed E-state index contributed by atoms with van der Waals surface area (Å²) in [5, 5.41) is 0.186. The molecule has 0 bridgehead atoms. The molecule has 0 unspecified atom stereocenters. The highest BCUT2D eigenvalue weighted by atomic mass is 32.1. The van der Waals surface area contributed by atoms with Gasteiger partial charge in [-0.05, 0) is 19.8 Å². The number of anilines is 1. The van der Waals surface area contributed by atoms with Gasteiger partial charge in [-0.2, -0.15) is 0 Å². The van der Waals surface area contributed by atoms with E-state index in [0.29, 0.717) is 4.88 Å². The van der Waals surface area contributed by atoms with Gasteiger partial charge in [0.2, 0.25) is 0 Å². The zero-order valence-electron chi connectivity index (χ0n) is 9.98. The summed E-state index contributed by atoms with van der Waals surface area (Å²) >= 11 is 1.01. The number of rotatable bonds is 3. The maximum Gasteiger partial charge on any atom is 0.384 e. The first-order valence-electron chi connectivity index (χ1n) is 5.20. The molecule has 2 N–H and O–H groups in total. The number of hydrogen-bond donors (Lipinski definition) is 1. The van der Waals surface area contributed by atoms with Crippen LogP contribution in [0.2, 0.25) is 0 Å². The number of ether oxygens (including phenoxy) is 2. The van der Waals surface area contributed by atoms with E-state index in [1.165, 1.54) is 0 Å². The van der Waals surface area contributed by atoms with Crippen molar-refractivity contribution in [1.82, 2.24) is 4.98 Å². The Morgan fingerprint density at radius 3 is 2.61 bits per heavy atom. The molecule has 7 heteroatoms. The van der Waals surface area contributed by atoms with Gasteiger partial charge in [-0.25, -0.2) is 14.6 Å². The van der Waals surface area contributed by atoms with E-state index in [1.54, 1.807) is 13.8 Å². The second kappa shape index (κ2) is 6.61. The van der Waals surface area contributed by atoms with E-state index < -0.39 is 11.9 Å². The fourth-order valence-electron chi connectivity index (χ4n) is 1.03. The number of nitrogens with zero attached hydrogens (tertiary/aromatic N) is 1. The SMILES string of the molecule is CCOC(=O)C#Cc1sc(N)nc1C(=O)OCC. The van der Waals surface area contributed by atoms with Crippen molar-refractivity contribution in [2.45, 2.75) is 13.8 Å². The Hall–Kier alpha value is -2.07. The number of nitrogen functional groups attached to an aromatic ring is 1. The van der Waals surface area contributed by atoms with Gasteiger partial charge >= 0.3 is 11.9 Å². The maximum absolute atomic E-state index is 11.5. The van der Waals surface area contributed by atoms with Gasteiger partial charge in [0.25, 0.3) is 0 Å². The van der Waals surface area contributed by atoms with Gasteiger partial charge in [0.15, 0.2) is 10.8 Å². The summed E-state index contributed by atoms with van der Waals surface area (Å²) in [5.41, 5.74) is 5.52. The van der Waals surface area contributed by atoms with Crippen molar-refractivity contribution < 1.29 is 19.1 Å². The first kappa shape index (κ1) is 14.0. The fraction of sp³-hybridized carbons (Fsp3) is 0.364. The summed E-state index contributed by atoms with van der Waals surface area (Å²) in [6.45, 7) is 3.82. The van der Waals surface area contributed by atoms with Crippen LogP contribution < -0.4 is 5.73 Å². The molecule has 1 heterocycles. The third-order valence-corrected chi connectivity index (χ3v) is 2.47. The highest BCUT2D eigenvalue weighted by Crippen LogP contribution is 2.20. The van der Waals surface area contributed by atoms with Gasteiger partial charge in [0, 0.05) is 5.92 Å². The van der Waals surface area contributed by atoms with Gasteiger partial charge < -0.3 is 15.2 Å². The third kappa shape index (κ3) is 3.75. The Labute approximate surface area is 108 Å². The van der Waals surface area contributed by atoms with E-state index in [-0.39, 0.29) is 24.0 Å². The van der Waals surface area contributed by atoms with Crippen LogP contribution in [0.5, 0.6) is 0 Å². The molecule has 0 aliphatic rings. The molecule has 6 nitrogen and oxygen atoms in total. The molecule has 1 aromatic heterocycles. The summed E-state index contributed by atoms with van der Waals surface area (Å²) in [5.74, 6) is 3.48. The molecule has 0 aliphatic carbocycles. The van der Waals surface area contributed by atoms with Crippen molar-refractivity contribution in [3.8, 4) is 11.8 Å². The molecular weight excluding hydrogens is 256 g/mol. The second-order valence-electron chi connectivity index (χ2n) is 2.92.